The molecule has 0 aromatic rings. The first-order valence-electron chi connectivity index (χ1n) is 3.37. The van der Waals surface area contributed by atoms with Gasteiger partial charge in [0.15, 0.2) is 0 Å². The maximum absolute atomic E-state index is 8.33. The third kappa shape index (κ3) is 7.88. The van der Waals surface area contributed by atoms with Crippen molar-refractivity contribution in [3.8, 4) is 0 Å². The van der Waals surface area contributed by atoms with Crippen LogP contribution in [0, 0.1) is 0 Å². The summed E-state index contributed by atoms with van der Waals surface area (Å²) in [6, 6.07) is 0. The third-order valence-electron chi connectivity index (χ3n) is 0.845. The lowest BCUT2D eigenvalue weighted by molar-refractivity contribution is 0.0384. The molecule has 3 heteroatoms. The molecule has 9 heavy (non-hydrogen) atoms. The van der Waals surface area contributed by atoms with Gasteiger partial charge in [0.2, 0.25) is 0 Å². The quantitative estimate of drug-likeness (QED) is 0.404. The first kappa shape index (κ1) is 8.88. The second-order valence-electron chi connectivity index (χ2n) is 1.82. The summed E-state index contributed by atoms with van der Waals surface area (Å²) in [5.41, 5.74) is 2.73. The van der Waals surface area contributed by atoms with Crippen LogP contribution in [0.25, 0.3) is 0 Å². The van der Waals surface area contributed by atoms with E-state index in [4.69, 9.17) is 9.94 Å². The van der Waals surface area contributed by atoms with E-state index in [9.17, 15) is 0 Å². The smallest absolute Gasteiger partial charge is 0.0679 e. The van der Waals surface area contributed by atoms with E-state index in [-0.39, 0.29) is 6.61 Å². The van der Waals surface area contributed by atoms with Crippen molar-refractivity contribution in [2.75, 3.05) is 19.8 Å². The van der Waals surface area contributed by atoms with Gasteiger partial charge in [-0.05, 0) is 12.8 Å². The molecule has 0 fully saturated rings. The van der Waals surface area contributed by atoms with Gasteiger partial charge in [0.25, 0.3) is 0 Å². The summed E-state index contributed by atoms with van der Waals surface area (Å²) in [6.07, 6.45) is 1.77. The van der Waals surface area contributed by atoms with Crippen LogP contribution in [0.1, 0.15) is 19.8 Å². The summed E-state index contributed by atoms with van der Waals surface area (Å²) in [4.78, 5) is 4.92. The number of rotatable bonds is 6. The van der Waals surface area contributed by atoms with Gasteiger partial charge >= 0.3 is 0 Å². The molecule has 0 aliphatic rings. The highest BCUT2D eigenvalue weighted by Gasteiger charge is 1.83. The molecule has 0 amide bonds. The van der Waals surface area contributed by atoms with Crippen molar-refractivity contribution < 1.29 is 9.94 Å². The minimum atomic E-state index is 0.225. The first-order valence-corrected chi connectivity index (χ1v) is 3.37. The number of hydrogen-bond donors (Lipinski definition) is 2. The zero-order valence-corrected chi connectivity index (χ0v) is 5.89. The lowest BCUT2D eigenvalue weighted by Crippen LogP contribution is -2.17. The Balaban J connectivity index is 2.60. The van der Waals surface area contributed by atoms with Gasteiger partial charge in [-0.25, -0.2) is 5.48 Å². The Bertz CT molecular complexity index is 44.3. The van der Waals surface area contributed by atoms with Gasteiger partial charge in [0.05, 0.1) is 6.61 Å². The van der Waals surface area contributed by atoms with Crippen LogP contribution in [0.5, 0.6) is 0 Å². The molecule has 0 saturated heterocycles. The standard InChI is InChI=1S/C6H15NO2/c1-2-6-9-7-4-3-5-8/h7-8H,2-6H2,1H3. The van der Waals surface area contributed by atoms with E-state index in [2.05, 4.69) is 5.48 Å². The van der Waals surface area contributed by atoms with Gasteiger partial charge in [-0.3, -0.25) is 0 Å². The highest BCUT2D eigenvalue weighted by Crippen LogP contribution is 1.76. The number of hydroxylamine groups is 1. The van der Waals surface area contributed by atoms with Crippen LogP contribution in [-0.2, 0) is 4.84 Å². The highest BCUT2D eigenvalue weighted by atomic mass is 16.6. The van der Waals surface area contributed by atoms with Crippen LogP contribution in [0.4, 0.5) is 0 Å². The zero-order chi connectivity index (χ0) is 6.95. The van der Waals surface area contributed by atoms with Crippen LogP contribution in [-0.4, -0.2) is 24.9 Å². The van der Waals surface area contributed by atoms with E-state index in [0.29, 0.717) is 0 Å². The minimum absolute atomic E-state index is 0.225. The first-order chi connectivity index (χ1) is 4.41. The average Bonchev–Trinajstić information content (AvgIpc) is 1.89. The van der Waals surface area contributed by atoms with Gasteiger partial charge < -0.3 is 9.94 Å². The fourth-order valence-electron chi connectivity index (χ4n) is 0.398. The molecule has 0 aromatic heterocycles. The van der Waals surface area contributed by atoms with Crippen LogP contribution in [0.15, 0.2) is 0 Å². The maximum atomic E-state index is 8.33. The van der Waals surface area contributed by atoms with Crippen molar-refractivity contribution in [1.29, 1.82) is 0 Å². The van der Waals surface area contributed by atoms with Gasteiger partial charge in [-0.2, -0.15) is 0 Å². The predicted molar refractivity (Wildman–Crippen MR) is 35.9 cm³/mol. The summed E-state index contributed by atoms with van der Waals surface area (Å²) < 4.78 is 0. The molecule has 0 aliphatic carbocycles. The molecule has 0 rings (SSSR count). The van der Waals surface area contributed by atoms with E-state index in [1.54, 1.807) is 0 Å². The van der Waals surface area contributed by atoms with Crippen molar-refractivity contribution in [2.24, 2.45) is 0 Å². The molecular weight excluding hydrogens is 118 g/mol. The van der Waals surface area contributed by atoms with Crippen molar-refractivity contribution >= 4 is 0 Å². The summed E-state index contributed by atoms with van der Waals surface area (Å²) in [5, 5.41) is 8.33. The number of hydrogen-bond acceptors (Lipinski definition) is 3. The van der Waals surface area contributed by atoms with Crippen molar-refractivity contribution in [1.82, 2.24) is 5.48 Å². The lowest BCUT2D eigenvalue weighted by Gasteiger charge is -2.01. The Kier molecular flexibility index (Phi) is 7.77. The predicted octanol–water partition coefficient (Wildman–Crippen LogP) is 0.300. The second-order valence-corrected chi connectivity index (χ2v) is 1.82. The summed E-state index contributed by atoms with van der Waals surface area (Å²) in [5.74, 6) is 0. The van der Waals surface area contributed by atoms with E-state index in [1.807, 2.05) is 6.92 Å². The van der Waals surface area contributed by atoms with Crippen LogP contribution >= 0.6 is 0 Å². The Labute approximate surface area is 56.0 Å². The average molecular weight is 133 g/mol. The Hall–Kier alpha value is -0.120. The molecule has 0 unspecified atom stereocenters. The SMILES string of the molecule is CCCONCCCO. The van der Waals surface area contributed by atoms with E-state index < -0.39 is 0 Å². The molecule has 0 radical (unpaired) electrons. The topological polar surface area (TPSA) is 41.5 Å². The molecule has 56 valence electrons. The monoisotopic (exact) mass is 133 g/mol. The van der Waals surface area contributed by atoms with E-state index >= 15 is 0 Å². The van der Waals surface area contributed by atoms with Gasteiger partial charge in [0.1, 0.15) is 0 Å². The van der Waals surface area contributed by atoms with Crippen LogP contribution < -0.4 is 5.48 Å². The molecule has 0 spiro atoms. The van der Waals surface area contributed by atoms with Crippen molar-refractivity contribution in [2.45, 2.75) is 19.8 Å². The molecular formula is C6H15NO2. The molecule has 0 saturated carbocycles. The Morgan fingerprint density at radius 1 is 1.56 bits per heavy atom. The molecule has 3 nitrogen and oxygen atoms in total. The van der Waals surface area contributed by atoms with Gasteiger partial charge in [-0.15, -0.1) is 0 Å². The molecule has 0 aromatic carbocycles. The number of aliphatic hydroxyl groups excluding tert-OH is 1. The van der Waals surface area contributed by atoms with Crippen molar-refractivity contribution in [3.05, 3.63) is 0 Å². The fourth-order valence-corrected chi connectivity index (χ4v) is 0.398. The summed E-state index contributed by atoms with van der Waals surface area (Å²) >= 11 is 0. The van der Waals surface area contributed by atoms with Crippen molar-refractivity contribution in [3.63, 3.8) is 0 Å². The summed E-state index contributed by atoms with van der Waals surface area (Å²) in [6.45, 7) is 3.75. The van der Waals surface area contributed by atoms with E-state index in [1.165, 1.54) is 0 Å². The Morgan fingerprint density at radius 3 is 2.89 bits per heavy atom. The molecule has 0 heterocycles. The molecule has 0 bridgehead atoms. The van der Waals surface area contributed by atoms with E-state index in [0.717, 1.165) is 26.0 Å². The second kappa shape index (κ2) is 7.88. The van der Waals surface area contributed by atoms with Crippen LogP contribution in [0.3, 0.4) is 0 Å². The molecule has 0 aliphatic heterocycles. The fraction of sp³-hybridized carbons (Fsp3) is 1.00. The summed E-state index contributed by atoms with van der Waals surface area (Å²) in [7, 11) is 0. The van der Waals surface area contributed by atoms with Gasteiger partial charge in [0, 0.05) is 13.2 Å². The number of aliphatic hydroxyl groups is 1. The maximum Gasteiger partial charge on any atom is 0.0679 e. The highest BCUT2D eigenvalue weighted by molar-refractivity contribution is 4.33. The largest absolute Gasteiger partial charge is 0.396 e. The van der Waals surface area contributed by atoms with Gasteiger partial charge in [-0.1, -0.05) is 6.92 Å². The minimum Gasteiger partial charge on any atom is -0.396 e. The lowest BCUT2D eigenvalue weighted by atomic mass is 10.5. The normalized spacial score (nSPS) is 10.0. The van der Waals surface area contributed by atoms with Crippen LogP contribution in [0.2, 0.25) is 0 Å². The Morgan fingerprint density at radius 2 is 2.33 bits per heavy atom. The molecule has 2 N–H and O–H groups in total. The molecule has 0 atom stereocenters. The third-order valence-corrected chi connectivity index (χ3v) is 0.845. The number of nitrogens with one attached hydrogen (secondary N) is 1. The zero-order valence-electron chi connectivity index (χ0n) is 5.89.